The van der Waals surface area contributed by atoms with Crippen molar-refractivity contribution in [2.45, 2.75) is 26.0 Å². The molecule has 0 spiro atoms. The van der Waals surface area contributed by atoms with Crippen molar-refractivity contribution in [3.05, 3.63) is 59.7 Å². The fourth-order valence-corrected chi connectivity index (χ4v) is 2.41. The van der Waals surface area contributed by atoms with Gasteiger partial charge in [0.15, 0.2) is 0 Å². The molecule has 4 heteroatoms. The first-order valence-corrected chi connectivity index (χ1v) is 7.92. The lowest BCUT2D eigenvalue weighted by molar-refractivity contribution is 0.170. The van der Waals surface area contributed by atoms with Gasteiger partial charge in [-0.05, 0) is 49.2 Å². The number of ether oxygens (including phenoxy) is 2. The molecule has 0 aliphatic heterocycles. The van der Waals surface area contributed by atoms with Crippen LogP contribution >= 0.6 is 0 Å². The lowest BCUT2D eigenvalue weighted by Gasteiger charge is -2.18. The minimum absolute atomic E-state index is 0.121. The number of aliphatic hydroxyl groups excluding tert-OH is 1. The van der Waals surface area contributed by atoms with Crippen LogP contribution in [0.4, 0.5) is 0 Å². The predicted molar refractivity (Wildman–Crippen MR) is 92.0 cm³/mol. The summed E-state index contributed by atoms with van der Waals surface area (Å²) in [5.74, 6) is 1.62. The molecule has 0 aromatic heterocycles. The van der Waals surface area contributed by atoms with Gasteiger partial charge in [0.1, 0.15) is 11.5 Å². The van der Waals surface area contributed by atoms with Crippen LogP contribution in [-0.4, -0.2) is 25.4 Å². The Balaban J connectivity index is 1.95. The van der Waals surface area contributed by atoms with Gasteiger partial charge in [-0.2, -0.15) is 0 Å². The van der Waals surface area contributed by atoms with Crippen LogP contribution in [0.15, 0.2) is 48.5 Å². The average Bonchev–Trinajstić information content (AvgIpc) is 2.60. The highest BCUT2D eigenvalue weighted by molar-refractivity contribution is 5.31. The maximum Gasteiger partial charge on any atom is 0.119 e. The molecule has 0 fully saturated rings. The molecule has 23 heavy (non-hydrogen) atoms. The maximum absolute atomic E-state index is 10.3. The number of methoxy groups -OCH3 is 1. The quantitative estimate of drug-likeness (QED) is 0.783. The molecule has 0 saturated heterocycles. The molecule has 0 heterocycles. The van der Waals surface area contributed by atoms with E-state index >= 15 is 0 Å². The highest BCUT2D eigenvalue weighted by atomic mass is 16.5. The Morgan fingerprint density at radius 1 is 1.04 bits per heavy atom. The molecule has 0 radical (unpaired) electrons. The van der Waals surface area contributed by atoms with E-state index in [4.69, 9.17) is 9.47 Å². The molecule has 0 aliphatic carbocycles. The number of hydrogen-bond acceptors (Lipinski definition) is 4. The number of rotatable bonds is 8. The van der Waals surface area contributed by atoms with E-state index in [9.17, 15) is 5.11 Å². The summed E-state index contributed by atoms with van der Waals surface area (Å²) < 4.78 is 10.7. The van der Waals surface area contributed by atoms with Gasteiger partial charge in [0.25, 0.3) is 0 Å². The molecule has 0 aliphatic rings. The molecular formula is C19H25NO3. The summed E-state index contributed by atoms with van der Waals surface area (Å²) in [5, 5.41) is 13.7. The van der Waals surface area contributed by atoms with Crippen LogP contribution in [0.2, 0.25) is 0 Å². The Kier molecular flexibility index (Phi) is 6.44. The van der Waals surface area contributed by atoms with Crippen molar-refractivity contribution < 1.29 is 14.6 Å². The van der Waals surface area contributed by atoms with Gasteiger partial charge in [0.2, 0.25) is 0 Å². The number of nitrogens with one attached hydrogen (secondary N) is 1. The van der Waals surface area contributed by atoms with Crippen LogP contribution in [0.5, 0.6) is 11.5 Å². The summed E-state index contributed by atoms with van der Waals surface area (Å²) >= 11 is 0. The van der Waals surface area contributed by atoms with Gasteiger partial charge >= 0.3 is 0 Å². The van der Waals surface area contributed by atoms with Crippen LogP contribution in [0.1, 0.15) is 37.1 Å². The Bertz CT molecular complexity index is 615. The molecule has 2 N–H and O–H groups in total. The summed E-state index contributed by atoms with van der Waals surface area (Å²) in [6, 6.07) is 15.6. The fraction of sp³-hybridized carbons (Fsp3) is 0.368. The molecule has 2 aromatic carbocycles. The third kappa shape index (κ3) is 4.98. The second-order valence-corrected chi connectivity index (χ2v) is 5.43. The van der Waals surface area contributed by atoms with E-state index in [1.165, 1.54) is 0 Å². The van der Waals surface area contributed by atoms with Gasteiger partial charge in [-0.1, -0.05) is 24.3 Å². The molecular weight excluding hydrogens is 290 g/mol. The minimum atomic E-state index is -0.581. The SMILES string of the molecule is CCOc1cccc(C(C)NCC(O)c2cccc(OC)c2)c1. The van der Waals surface area contributed by atoms with Crippen molar-refractivity contribution >= 4 is 0 Å². The normalized spacial score (nSPS) is 13.4. The zero-order valence-corrected chi connectivity index (χ0v) is 14.0. The van der Waals surface area contributed by atoms with E-state index in [1.807, 2.05) is 49.4 Å². The third-order valence-corrected chi connectivity index (χ3v) is 3.77. The van der Waals surface area contributed by atoms with Gasteiger partial charge in [-0.25, -0.2) is 0 Å². The van der Waals surface area contributed by atoms with Gasteiger partial charge in [0.05, 0.1) is 19.8 Å². The standard InChI is InChI=1S/C19H25NO3/c1-4-23-18-10-5-7-15(11-18)14(2)20-13-19(21)16-8-6-9-17(12-16)22-3/h5-12,14,19-21H,4,13H2,1-3H3. The highest BCUT2D eigenvalue weighted by Crippen LogP contribution is 2.21. The van der Waals surface area contributed by atoms with E-state index in [0.717, 1.165) is 22.6 Å². The Labute approximate surface area is 138 Å². The molecule has 2 atom stereocenters. The van der Waals surface area contributed by atoms with Gasteiger partial charge < -0.3 is 19.9 Å². The zero-order valence-electron chi connectivity index (χ0n) is 14.0. The van der Waals surface area contributed by atoms with E-state index in [2.05, 4.69) is 18.3 Å². The van der Waals surface area contributed by atoms with Gasteiger partial charge in [0, 0.05) is 12.6 Å². The highest BCUT2D eigenvalue weighted by Gasteiger charge is 2.12. The van der Waals surface area contributed by atoms with E-state index in [0.29, 0.717) is 13.2 Å². The summed E-state index contributed by atoms with van der Waals surface area (Å²) in [6.45, 7) is 5.16. The molecule has 4 nitrogen and oxygen atoms in total. The number of aliphatic hydroxyl groups is 1. The molecule has 2 aromatic rings. The summed E-state index contributed by atoms with van der Waals surface area (Å²) in [5.41, 5.74) is 1.97. The van der Waals surface area contributed by atoms with Crippen molar-refractivity contribution in [1.29, 1.82) is 0 Å². The van der Waals surface area contributed by atoms with Gasteiger partial charge in [-0.15, -0.1) is 0 Å². The van der Waals surface area contributed by atoms with Crippen molar-refractivity contribution in [3.63, 3.8) is 0 Å². The van der Waals surface area contributed by atoms with Crippen LogP contribution in [0, 0.1) is 0 Å². The van der Waals surface area contributed by atoms with Crippen LogP contribution < -0.4 is 14.8 Å². The smallest absolute Gasteiger partial charge is 0.119 e. The van der Waals surface area contributed by atoms with Crippen LogP contribution in [0.3, 0.4) is 0 Å². The Morgan fingerprint density at radius 3 is 2.39 bits per heavy atom. The molecule has 124 valence electrons. The van der Waals surface area contributed by atoms with Crippen molar-refractivity contribution in [2.24, 2.45) is 0 Å². The molecule has 0 saturated carbocycles. The lowest BCUT2D eigenvalue weighted by atomic mass is 10.1. The molecule has 2 unspecified atom stereocenters. The maximum atomic E-state index is 10.3. The molecule has 2 rings (SSSR count). The largest absolute Gasteiger partial charge is 0.497 e. The Hall–Kier alpha value is -2.04. The Morgan fingerprint density at radius 2 is 1.70 bits per heavy atom. The summed E-state index contributed by atoms with van der Waals surface area (Å²) in [4.78, 5) is 0. The van der Waals surface area contributed by atoms with Gasteiger partial charge in [-0.3, -0.25) is 0 Å². The van der Waals surface area contributed by atoms with Crippen molar-refractivity contribution in [2.75, 3.05) is 20.3 Å². The second kappa shape index (κ2) is 8.56. The summed E-state index contributed by atoms with van der Waals surface area (Å²) in [7, 11) is 1.62. The zero-order chi connectivity index (χ0) is 16.7. The molecule has 0 amide bonds. The first-order chi connectivity index (χ1) is 11.1. The third-order valence-electron chi connectivity index (χ3n) is 3.77. The van der Waals surface area contributed by atoms with Crippen LogP contribution in [0.25, 0.3) is 0 Å². The first kappa shape index (κ1) is 17.3. The number of hydrogen-bond donors (Lipinski definition) is 2. The topological polar surface area (TPSA) is 50.7 Å². The van der Waals surface area contributed by atoms with E-state index in [1.54, 1.807) is 7.11 Å². The van der Waals surface area contributed by atoms with Crippen molar-refractivity contribution in [1.82, 2.24) is 5.32 Å². The van der Waals surface area contributed by atoms with E-state index < -0.39 is 6.10 Å². The molecule has 0 bridgehead atoms. The first-order valence-electron chi connectivity index (χ1n) is 7.92. The fourth-order valence-electron chi connectivity index (χ4n) is 2.41. The average molecular weight is 315 g/mol. The lowest BCUT2D eigenvalue weighted by Crippen LogP contribution is -2.24. The number of benzene rings is 2. The second-order valence-electron chi connectivity index (χ2n) is 5.43. The van der Waals surface area contributed by atoms with Crippen molar-refractivity contribution in [3.8, 4) is 11.5 Å². The summed E-state index contributed by atoms with van der Waals surface area (Å²) in [6.07, 6.45) is -0.581. The van der Waals surface area contributed by atoms with E-state index in [-0.39, 0.29) is 6.04 Å². The minimum Gasteiger partial charge on any atom is -0.497 e. The predicted octanol–water partition coefficient (Wildman–Crippen LogP) is 3.48. The van der Waals surface area contributed by atoms with Crippen LogP contribution in [-0.2, 0) is 0 Å². The monoisotopic (exact) mass is 315 g/mol.